The number of ether oxygens (including phenoxy) is 1. The lowest BCUT2D eigenvalue weighted by Crippen LogP contribution is -2.54. The third-order valence-corrected chi connectivity index (χ3v) is 4.67. The summed E-state index contributed by atoms with van der Waals surface area (Å²) < 4.78 is 5.16. The lowest BCUT2D eigenvalue weighted by atomic mass is 9.93. The molecule has 0 bridgehead atoms. The summed E-state index contributed by atoms with van der Waals surface area (Å²) in [5, 5.41) is 12.3. The van der Waals surface area contributed by atoms with Crippen molar-refractivity contribution < 1.29 is 19.4 Å². The maximum Gasteiger partial charge on any atom is 0.334 e. The second-order valence-corrected chi connectivity index (χ2v) is 5.72. The third kappa shape index (κ3) is 2.34. The quantitative estimate of drug-likeness (QED) is 0.718. The van der Waals surface area contributed by atoms with E-state index in [0.29, 0.717) is 25.0 Å². The molecule has 0 spiro atoms. The Morgan fingerprint density at radius 2 is 2.16 bits per heavy atom. The van der Waals surface area contributed by atoms with Crippen LogP contribution in [0.15, 0.2) is 0 Å². The van der Waals surface area contributed by atoms with E-state index in [2.05, 4.69) is 5.32 Å². The van der Waals surface area contributed by atoms with E-state index in [0.717, 1.165) is 13.0 Å². The molecule has 1 amide bonds. The maximum absolute atomic E-state index is 12.5. The number of carbonyl (C=O) groups excluding carboxylic acids is 1. The van der Waals surface area contributed by atoms with Crippen molar-refractivity contribution in [2.75, 3.05) is 26.2 Å². The molecule has 4 unspecified atom stereocenters. The number of aliphatic carboxylic acids is 1. The second-order valence-electron chi connectivity index (χ2n) is 5.72. The van der Waals surface area contributed by atoms with Crippen molar-refractivity contribution in [3.63, 3.8) is 0 Å². The molecule has 2 aliphatic heterocycles. The number of hydrogen-bond acceptors (Lipinski definition) is 4. The first-order valence-electron chi connectivity index (χ1n) is 7.03. The monoisotopic (exact) mass is 268 g/mol. The van der Waals surface area contributed by atoms with E-state index < -0.39 is 12.1 Å². The molecule has 2 heterocycles. The average Bonchev–Trinajstić information content (AvgIpc) is 3.00. The lowest BCUT2D eigenvalue weighted by Gasteiger charge is -2.33. The highest BCUT2D eigenvalue weighted by molar-refractivity contribution is 5.84. The smallest absolute Gasteiger partial charge is 0.334 e. The van der Waals surface area contributed by atoms with Gasteiger partial charge in [-0.25, -0.2) is 4.79 Å². The minimum atomic E-state index is -0.990. The standard InChI is InChI=1S/C13H20N2O4/c16-12(11-9-3-1-2-8(9)6-14-11)15-4-5-19-10(7-15)13(17)18/h8-11,14H,1-7H2,(H,17,18). The van der Waals surface area contributed by atoms with Crippen LogP contribution in [0.4, 0.5) is 0 Å². The van der Waals surface area contributed by atoms with Gasteiger partial charge in [0, 0.05) is 6.54 Å². The van der Waals surface area contributed by atoms with Gasteiger partial charge in [-0.2, -0.15) is 0 Å². The zero-order valence-corrected chi connectivity index (χ0v) is 10.9. The lowest BCUT2D eigenvalue weighted by molar-refractivity contribution is -0.160. The van der Waals surface area contributed by atoms with Gasteiger partial charge in [-0.15, -0.1) is 0 Å². The molecule has 6 nitrogen and oxygen atoms in total. The van der Waals surface area contributed by atoms with Crippen molar-refractivity contribution in [3.05, 3.63) is 0 Å². The predicted molar refractivity (Wildman–Crippen MR) is 66.6 cm³/mol. The van der Waals surface area contributed by atoms with E-state index in [-0.39, 0.29) is 18.5 Å². The fraction of sp³-hybridized carbons (Fsp3) is 0.846. The van der Waals surface area contributed by atoms with Gasteiger partial charge >= 0.3 is 5.97 Å². The van der Waals surface area contributed by atoms with E-state index in [1.807, 2.05) is 0 Å². The Kier molecular flexibility index (Phi) is 3.45. The highest BCUT2D eigenvalue weighted by Crippen LogP contribution is 2.38. The first kappa shape index (κ1) is 12.9. The number of nitrogens with one attached hydrogen (secondary N) is 1. The van der Waals surface area contributed by atoms with Crippen molar-refractivity contribution in [2.24, 2.45) is 11.8 Å². The molecule has 3 fully saturated rings. The SMILES string of the molecule is O=C(O)C1CN(C(=O)C2NCC3CCCC32)CCO1. The number of carbonyl (C=O) groups is 2. The Morgan fingerprint density at radius 3 is 2.95 bits per heavy atom. The number of carboxylic acid groups (broad SMARTS) is 1. The molecular weight excluding hydrogens is 248 g/mol. The molecule has 1 aliphatic carbocycles. The summed E-state index contributed by atoms with van der Waals surface area (Å²) in [4.78, 5) is 25.1. The zero-order valence-electron chi connectivity index (χ0n) is 10.9. The number of carboxylic acids is 1. The Labute approximate surface area is 112 Å². The molecule has 6 heteroatoms. The van der Waals surface area contributed by atoms with Gasteiger partial charge in [-0.3, -0.25) is 4.79 Å². The number of amides is 1. The summed E-state index contributed by atoms with van der Waals surface area (Å²) in [7, 11) is 0. The van der Waals surface area contributed by atoms with Crippen LogP contribution in [0, 0.1) is 11.8 Å². The molecule has 0 radical (unpaired) electrons. The van der Waals surface area contributed by atoms with E-state index in [1.54, 1.807) is 4.90 Å². The van der Waals surface area contributed by atoms with E-state index in [9.17, 15) is 9.59 Å². The fourth-order valence-electron chi connectivity index (χ4n) is 3.65. The Bertz CT molecular complexity index is 387. The van der Waals surface area contributed by atoms with Crippen LogP contribution in [0.25, 0.3) is 0 Å². The van der Waals surface area contributed by atoms with Crippen LogP contribution in [0.3, 0.4) is 0 Å². The molecular formula is C13H20N2O4. The molecule has 4 atom stereocenters. The van der Waals surface area contributed by atoms with Crippen LogP contribution >= 0.6 is 0 Å². The van der Waals surface area contributed by atoms with Crippen molar-refractivity contribution >= 4 is 11.9 Å². The van der Waals surface area contributed by atoms with Gasteiger partial charge in [0.25, 0.3) is 0 Å². The molecule has 0 aromatic heterocycles. The summed E-state index contributed by atoms with van der Waals surface area (Å²) in [5.74, 6) is 0.142. The Hall–Kier alpha value is -1.14. The van der Waals surface area contributed by atoms with Crippen LogP contribution in [0.1, 0.15) is 19.3 Å². The van der Waals surface area contributed by atoms with Crippen molar-refractivity contribution in [2.45, 2.75) is 31.4 Å². The molecule has 19 heavy (non-hydrogen) atoms. The molecule has 106 valence electrons. The second kappa shape index (κ2) is 5.09. The molecule has 2 saturated heterocycles. The summed E-state index contributed by atoms with van der Waals surface area (Å²) >= 11 is 0. The van der Waals surface area contributed by atoms with E-state index >= 15 is 0 Å². The molecule has 2 N–H and O–H groups in total. The minimum Gasteiger partial charge on any atom is -0.479 e. The number of hydrogen-bond donors (Lipinski definition) is 2. The van der Waals surface area contributed by atoms with Gasteiger partial charge < -0.3 is 20.1 Å². The zero-order chi connectivity index (χ0) is 13.4. The van der Waals surface area contributed by atoms with Crippen LogP contribution in [-0.4, -0.2) is 60.3 Å². The number of fused-ring (bicyclic) bond motifs is 1. The molecule has 0 aromatic carbocycles. The normalized spacial score (nSPS) is 38.2. The Morgan fingerprint density at radius 1 is 1.32 bits per heavy atom. The minimum absolute atomic E-state index is 0.0592. The third-order valence-electron chi connectivity index (χ3n) is 4.67. The predicted octanol–water partition coefficient (Wildman–Crippen LogP) is -0.313. The molecule has 0 aromatic rings. The first-order valence-corrected chi connectivity index (χ1v) is 7.03. The van der Waals surface area contributed by atoms with Crippen molar-refractivity contribution in [1.82, 2.24) is 10.2 Å². The van der Waals surface area contributed by atoms with Crippen molar-refractivity contribution in [1.29, 1.82) is 0 Å². The van der Waals surface area contributed by atoms with Gasteiger partial charge in [0.15, 0.2) is 6.10 Å². The summed E-state index contributed by atoms with van der Waals surface area (Å²) in [6, 6.07) is -0.111. The van der Waals surface area contributed by atoms with Crippen molar-refractivity contribution in [3.8, 4) is 0 Å². The van der Waals surface area contributed by atoms with Crippen LogP contribution < -0.4 is 5.32 Å². The van der Waals surface area contributed by atoms with E-state index in [1.165, 1.54) is 12.8 Å². The summed E-state index contributed by atoms with van der Waals surface area (Å²) in [6.45, 7) is 1.90. The fourth-order valence-corrected chi connectivity index (χ4v) is 3.65. The van der Waals surface area contributed by atoms with Crippen LogP contribution in [-0.2, 0) is 14.3 Å². The number of rotatable bonds is 2. The molecule has 3 rings (SSSR count). The van der Waals surface area contributed by atoms with Crippen LogP contribution in [0.5, 0.6) is 0 Å². The summed E-state index contributed by atoms with van der Waals surface area (Å²) in [6.07, 6.45) is 2.66. The number of nitrogens with zero attached hydrogens (tertiary/aromatic N) is 1. The van der Waals surface area contributed by atoms with Crippen LogP contribution in [0.2, 0.25) is 0 Å². The molecule has 3 aliphatic rings. The maximum atomic E-state index is 12.5. The van der Waals surface area contributed by atoms with Gasteiger partial charge in [-0.05, 0) is 31.2 Å². The summed E-state index contributed by atoms with van der Waals surface area (Å²) in [5.41, 5.74) is 0. The first-order chi connectivity index (χ1) is 9.16. The largest absolute Gasteiger partial charge is 0.479 e. The highest BCUT2D eigenvalue weighted by Gasteiger charge is 2.44. The van der Waals surface area contributed by atoms with Gasteiger partial charge in [0.05, 0.1) is 19.2 Å². The average molecular weight is 268 g/mol. The number of morpholine rings is 1. The molecule has 1 saturated carbocycles. The van der Waals surface area contributed by atoms with E-state index in [4.69, 9.17) is 9.84 Å². The Balaban J connectivity index is 1.65. The van der Waals surface area contributed by atoms with Gasteiger partial charge in [0.2, 0.25) is 5.91 Å². The highest BCUT2D eigenvalue weighted by atomic mass is 16.5. The van der Waals surface area contributed by atoms with Gasteiger partial charge in [0.1, 0.15) is 0 Å². The topological polar surface area (TPSA) is 78.9 Å². The van der Waals surface area contributed by atoms with Gasteiger partial charge in [-0.1, -0.05) is 6.42 Å².